The number of carbonyl (C=O) groups excluding carboxylic acids is 2. The summed E-state index contributed by atoms with van der Waals surface area (Å²) in [5, 5.41) is 0. The summed E-state index contributed by atoms with van der Waals surface area (Å²) in [4.78, 5) is 24.9. The van der Waals surface area contributed by atoms with Gasteiger partial charge in [-0.3, -0.25) is 4.79 Å². The minimum absolute atomic E-state index is 0.181. The van der Waals surface area contributed by atoms with Crippen LogP contribution in [0.3, 0.4) is 0 Å². The van der Waals surface area contributed by atoms with Crippen LogP contribution in [-0.4, -0.2) is 25.5 Å². The van der Waals surface area contributed by atoms with Gasteiger partial charge in [0.1, 0.15) is 23.9 Å². The zero-order valence-corrected chi connectivity index (χ0v) is 17.8. The van der Waals surface area contributed by atoms with Crippen LogP contribution < -0.4 is 14.2 Å². The monoisotopic (exact) mass is 430 g/mol. The van der Waals surface area contributed by atoms with Gasteiger partial charge in [-0.2, -0.15) is 0 Å². The highest BCUT2D eigenvalue weighted by Crippen LogP contribution is 2.39. The van der Waals surface area contributed by atoms with Crippen molar-refractivity contribution in [2.45, 2.75) is 13.5 Å². The van der Waals surface area contributed by atoms with Crippen molar-refractivity contribution in [1.82, 2.24) is 0 Å². The quantitative estimate of drug-likeness (QED) is 0.398. The van der Waals surface area contributed by atoms with Crippen LogP contribution in [0.5, 0.6) is 17.2 Å². The van der Waals surface area contributed by atoms with Gasteiger partial charge in [0.15, 0.2) is 12.4 Å². The number of allylic oxidation sites excluding steroid dienone is 1. The average Bonchev–Trinajstić information content (AvgIpc) is 3.14. The fourth-order valence-corrected chi connectivity index (χ4v) is 3.37. The highest BCUT2D eigenvalue weighted by molar-refractivity contribution is 6.15. The number of benzene rings is 3. The molecule has 0 unspecified atom stereocenters. The lowest BCUT2D eigenvalue weighted by molar-refractivity contribution is -0.147. The van der Waals surface area contributed by atoms with E-state index in [0.717, 1.165) is 11.1 Å². The van der Waals surface area contributed by atoms with Gasteiger partial charge in [0.25, 0.3) is 0 Å². The highest BCUT2D eigenvalue weighted by Gasteiger charge is 2.30. The Morgan fingerprint density at radius 3 is 2.50 bits per heavy atom. The maximum absolute atomic E-state index is 12.8. The van der Waals surface area contributed by atoms with Crippen molar-refractivity contribution >= 4 is 17.8 Å². The molecule has 0 spiro atoms. The van der Waals surface area contributed by atoms with E-state index in [4.69, 9.17) is 18.9 Å². The molecule has 0 aliphatic carbocycles. The van der Waals surface area contributed by atoms with Gasteiger partial charge in [-0.05, 0) is 36.8 Å². The van der Waals surface area contributed by atoms with Crippen LogP contribution in [0.25, 0.3) is 6.08 Å². The lowest BCUT2D eigenvalue weighted by atomic mass is 10.1. The van der Waals surface area contributed by atoms with Gasteiger partial charge in [-0.1, -0.05) is 48.5 Å². The van der Waals surface area contributed by atoms with E-state index in [1.54, 1.807) is 32.2 Å². The summed E-state index contributed by atoms with van der Waals surface area (Å²) < 4.78 is 22.1. The van der Waals surface area contributed by atoms with Crippen molar-refractivity contribution in [3.63, 3.8) is 0 Å². The summed E-state index contributed by atoms with van der Waals surface area (Å²) in [6, 6.07) is 20.1. The van der Waals surface area contributed by atoms with Crippen molar-refractivity contribution in [2.24, 2.45) is 0 Å². The standard InChI is InChI=1S/C26H22O6/c1-17-21(30-16-24(27)31-15-18-8-4-3-5-9-18)13-12-20-25(28)23(32-26(17)20)14-19-10-6-7-11-22(19)29-2/h3-14H,15-16H2,1-2H3/b23-14-. The number of fused-ring (bicyclic) bond motifs is 1. The van der Waals surface area contributed by atoms with Crippen LogP contribution in [0.4, 0.5) is 0 Å². The summed E-state index contributed by atoms with van der Waals surface area (Å²) in [5.74, 6) is 1.01. The molecule has 6 heteroatoms. The number of Topliss-reactive ketones (excluding diaryl/α,β-unsaturated/α-hetero) is 1. The van der Waals surface area contributed by atoms with Gasteiger partial charge in [-0.15, -0.1) is 0 Å². The number of methoxy groups -OCH3 is 1. The predicted molar refractivity (Wildman–Crippen MR) is 119 cm³/mol. The summed E-state index contributed by atoms with van der Waals surface area (Å²) in [5.41, 5.74) is 2.72. The van der Waals surface area contributed by atoms with Crippen LogP contribution in [-0.2, 0) is 16.1 Å². The molecule has 0 bridgehead atoms. The number of para-hydroxylation sites is 1. The van der Waals surface area contributed by atoms with Crippen LogP contribution >= 0.6 is 0 Å². The van der Waals surface area contributed by atoms with Crippen LogP contribution in [0.1, 0.15) is 27.0 Å². The Labute approximate surface area is 186 Å². The molecule has 1 aliphatic rings. The molecule has 0 N–H and O–H groups in total. The number of esters is 1. The first kappa shape index (κ1) is 21.2. The van der Waals surface area contributed by atoms with E-state index in [-0.39, 0.29) is 24.8 Å². The Morgan fingerprint density at radius 1 is 0.969 bits per heavy atom. The molecule has 4 rings (SSSR count). The molecule has 0 aromatic heterocycles. The number of carbonyl (C=O) groups is 2. The van der Waals surface area contributed by atoms with Gasteiger partial charge < -0.3 is 18.9 Å². The van der Waals surface area contributed by atoms with Crippen LogP contribution in [0, 0.1) is 6.92 Å². The number of hydrogen-bond donors (Lipinski definition) is 0. The Bertz CT molecular complexity index is 1180. The molecule has 162 valence electrons. The molecule has 0 saturated carbocycles. The number of ether oxygens (including phenoxy) is 4. The Kier molecular flexibility index (Phi) is 6.22. The molecule has 0 radical (unpaired) electrons. The molecule has 0 amide bonds. The van der Waals surface area contributed by atoms with E-state index in [0.29, 0.717) is 28.4 Å². The molecule has 0 fully saturated rings. The second kappa shape index (κ2) is 9.39. The number of rotatable bonds is 7. The minimum Gasteiger partial charge on any atom is -0.496 e. The summed E-state index contributed by atoms with van der Waals surface area (Å²) in [6.45, 7) is 1.72. The second-order valence-corrected chi connectivity index (χ2v) is 7.18. The molecule has 3 aromatic carbocycles. The summed E-state index contributed by atoms with van der Waals surface area (Å²) >= 11 is 0. The van der Waals surface area contributed by atoms with Crippen molar-refractivity contribution < 1.29 is 28.5 Å². The normalized spacial score (nSPS) is 13.4. The fourth-order valence-electron chi connectivity index (χ4n) is 3.37. The molecule has 3 aromatic rings. The topological polar surface area (TPSA) is 71.1 Å². The van der Waals surface area contributed by atoms with Crippen LogP contribution in [0.2, 0.25) is 0 Å². The molecular formula is C26H22O6. The summed E-state index contributed by atoms with van der Waals surface area (Å²) in [7, 11) is 1.57. The Hall–Kier alpha value is -4.06. The molecule has 32 heavy (non-hydrogen) atoms. The molecule has 6 nitrogen and oxygen atoms in total. The van der Waals surface area contributed by atoms with Gasteiger partial charge in [0.2, 0.25) is 5.78 Å². The van der Waals surface area contributed by atoms with Crippen LogP contribution in [0.15, 0.2) is 72.5 Å². The largest absolute Gasteiger partial charge is 0.496 e. The van der Waals surface area contributed by atoms with Gasteiger partial charge in [0.05, 0.1) is 12.7 Å². The van der Waals surface area contributed by atoms with E-state index in [1.807, 2.05) is 54.6 Å². The lowest BCUT2D eigenvalue weighted by Crippen LogP contribution is -2.15. The third kappa shape index (κ3) is 4.49. The molecule has 0 saturated heterocycles. The Morgan fingerprint density at radius 2 is 1.72 bits per heavy atom. The van der Waals surface area contributed by atoms with E-state index in [9.17, 15) is 9.59 Å². The zero-order valence-electron chi connectivity index (χ0n) is 17.8. The number of hydrogen-bond acceptors (Lipinski definition) is 6. The summed E-state index contributed by atoms with van der Waals surface area (Å²) in [6.07, 6.45) is 1.65. The minimum atomic E-state index is -0.484. The van der Waals surface area contributed by atoms with Crippen molar-refractivity contribution in [3.05, 3.63) is 94.7 Å². The molecule has 0 atom stereocenters. The first-order valence-corrected chi connectivity index (χ1v) is 10.1. The zero-order chi connectivity index (χ0) is 22.5. The van der Waals surface area contributed by atoms with Gasteiger partial charge in [-0.25, -0.2) is 4.79 Å². The smallest absolute Gasteiger partial charge is 0.344 e. The lowest BCUT2D eigenvalue weighted by Gasteiger charge is -2.11. The van der Waals surface area contributed by atoms with Gasteiger partial charge in [0, 0.05) is 11.1 Å². The molecule has 1 aliphatic heterocycles. The van der Waals surface area contributed by atoms with E-state index in [2.05, 4.69) is 0 Å². The van der Waals surface area contributed by atoms with Crippen molar-refractivity contribution in [1.29, 1.82) is 0 Å². The SMILES string of the molecule is COc1ccccc1/C=C1\Oc2c(ccc(OCC(=O)OCc3ccccc3)c2C)C1=O. The number of ketones is 1. The third-order valence-corrected chi connectivity index (χ3v) is 5.05. The van der Waals surface area contributed by atoms with Gasteiger partial charge >= 0.3 is 5.97 Å². The van der Waals surface area contributed by atoms with Crippen molar-refractivity contribution in [2.75, 3.05) is 13.7 Å². The van der Waals surface area contributed by atoms with E-state index >= 15 is 0 Å². The third-order valence-electron chi connectivity index (χ3n) is 5.05. The first-order chi connectivity index (χ1) is 15.6. The maximum atomic E-state index is 12.8. The highest BCUT2D eigenvalue weighted by atomic mass is 16.6. The van der Waals surface area contributed by atoms with Crippen molar-refractivity contribution in [3.8, 4) is 17.2 Å². The Balaban J connectivity index is 1.44. The second-order valence-electron chi connectivity index (χ2n) is 7.18. The average molecular weight is 430 g/mol. The molecule has 1 heterocycles. The fraction of sp³-hybridized carbons (Fsp3) is 0.154. The maximum Gasteiger partial charge on any atom is 0.344 e. The first-order valence-electron chi connectivity index (χ1n) is 10.1. The predicted octanol–water partition coefficient (Wildman–Crippen LogP) is 4.74. The van der Waals surface area contributed by atoms with E-state index in [1.165, 1.54) is 0 Å². The van der Waals surface area contributed by atoms with E-state index < -0.39 is 5.97 Å². The molecular weight excluding hydrogens is 408 g/mol.